The maximum absolute atomic E-state index is 12.4. The number of likely N-dealkylation sites (tertiary alicyclic amines) is 1. The summed E-state index contributed by atoms with van der Waals surface area (Å²) in [5.74, 6) is 0.768. The van der Waals surface area contributed by atoms with Crippen LogP contribution in [0.1, 0.15) is 30.1 Å². The molecule has 90 valence electrons. The highest BCUT2D eigenvalue weighted by atomic mass is 35.5. The number of halogens is 2. The van der Waals surface area contributed by atoms with Gasteiger partial charge in [0.15, 0.2) is 0 Å². The molecule has 2 aliphatic rings. The van der Waals surface area contributed by atoms with Gasteiger partial charge in [-0.2, -0.15) is 0 Å². The van der Waals surface area contributed by atoms with Gasteiger partial charge in [0.25, 0.3) is 5.91 Å². The van der Waals surface area contributed by atoms with E-state index >= 15 is 0 Å². The quantitative estimate of drug-likeness (QED) is 0.763. The van der Waals surface area contributed by atoms with Crippen LogP contribution in [-0.2, 0) is 0 Å². The van der Waals surface area contributed by atoms with Crippen LogP contribution < -0.4 is 0 Å². The van der Waals surface area contributed by atoms with Crippen molar-refractivity contribution in [2.45, 2.75) is 31.8 Å². The first-order chi connectivity index (χ1) is 8.08. The van der Waals surface area contributed by atoms with E-state index in [1.165, 1.54) is 0 Å². The molecule has 0 N–H and O–H groups in total. The topological polar surface area (TPSA) is 20.3 Å². The molecule has 0 unspecified atom stereocenters. The van der Waals surface area contributed by atoms with E-state index in [-0.39, 0.29) is 5.91 Å². The first-order valence-corrected chi connectivity index (χ1v) is 6.61. The minimum atomic E-state index is 0.0455. The van der Waals surface area contributed by atoms with Crippen LogP contribution >= 0.6 is 23.2 Å². The minimum Gasteiger partial charge on any atom is -0.333 e. The Kier molecular flexibility index (Phi) is 2.60. The molecule has 1 amide bonds. The van der Waals surface area contributed by atoms with Crippen molar-refractivity contribution in [1.82, 2.24) is 4.90 Å². The Morgan fingerprint density at radius 2 is 2.12 bits per heavy atom. The van der Waals surface area contributed by atoms with E-state index in [0.29, 0.717) is 27.7 Å². The number of fused-ring (bicyclic) bond motifs is 1. The van der Waals surface area contributed by atoms with Crippen molar-refractivity contribution in [3.8, 4) is 0 Å². The summed E-state index contributed by atoms with van der Waals surface area (Å²) >= 11 is 11.9. The van der Waals surface area contributed by atoms with Gasteiger partial charge in [0.2, 0.25) is 0 Å². The number of nitrogens with zero attached hydrogens (tertiary/aromatic N) is 1. The van der Waals surface area contributed by atoms with Gasteiger partial charge in [0.1, 0.15) is 0 Å². The van der Waals surface area contributed by atoms with Gasteiger partial charge in [-0.3, -0.25) is 4.79 Å². The Balaban J connectivity index is 1.91. The Morgan fingerprint density at radius 3 is 2.71 bits per heavy atom. The van der Waals surface area contributed by atoms with Gasteiger partial charge in [0, 0.05) is 17.1 Å². The van der Waals surface area contributed by atoms with Crippen LogP contribution in [0.4, 0.5) is 0 Å². The fourth-order valence-electron chi connectivity index (χ4n) is 2.86. The highest BCUT2D eigenvalue weighted by Gasteiger charge is 2.52. The number of hydrogen-bond donors (Lipinski definition) is 0. The molecule has 0 bridgehead atoms. The standard InChI is InChI=1S/C13H13Cl2NO/c1-7-4-8-5-12(8)16(7)13(17)10-3-2-9(14)6-11(10)15/h2-3,6-8,12H,4-5H2,1H3/t7-,8-,12+/m1/s1. The van der Waals surface area contributed by atoms with Gasteiger partial charge < -0.3 is 4.90 Å². The molecule has 1 saturated carbocycles. The lowest BCUT2D eigenvalue weighted by Crippen LogP contribution is -2.36. The number of carbonyl (C=O) groups excluding carboxylic acids is 1. The predicted octanol–water partition coefficient (Wildman–Crippen LogP) is 3.62. The van der Waals surface area contributed by atoms with Crippen LogP contribution in [0.5, 0.6) is 0 Å². The van der Waals surface area contributed by atoms with E-state index in [2.05, 4.69) is 6.92 Å². The van der Waals surface area contributed by atoms with Crippen molar-refractivity contribution in [2.24, 2.45) is 5.92 Å². The van der Waals surface area contributed by atoms with Gasteiger partial charge in [-0.1, -0.05) is 23.2 Å². The second-order valence-corrected chi connectivity index (χ2v) is 5.83. The third-order valence-electron chi connectivity index (χ3n) is 3.76. The molecule has 1 aliphatic carbocycles. The maximum atomic E-state index is 12.4. The molecule has 1 saturated heterocycles. The minimum absolute atomic E-state index is 0.0455. The SMILES string of the molecule is C[C@@H]1C[C@@H]2C[C@@H]2N1C(=O)c1ccc(Cl)cc1Cl. The number of rotatable bonds is 1. The molecule has 1 aromatic carbocycles. The van der Waals surface area contributed by atoms with Crippen molar-refractivity contribution >= 4 is 29.1 Å². The van der Waals surface area contributed by atoms with Crippen LogP contribution in [-0.4, -0.2) is 22.9 Å². The molecule has 0 radical (unpaired) electrons. The number of benzene rings is 1. The van der Waals surface area contributed by atoms with Crippen LogP contribution in [0.15, 0.2) is 18.2 Å². The van der Waals surface area contributed by atoms with Gasteiger partial charge in [0.05, 0.1) is 10.6 Å². The number of amides is 1. The lowest BCUT2D eigenvalue weighted by Gasteiger charge is -2.25. The summed E-state index contributed by atoms with van der Waals surface area (Å²) in [5, 5.41) is 1.00. The molecule has 17 heavy (non-hydrogen) atoms. The summed E-state index contributed by atoms with van der Waals surface area (Å²) in [4.78, 5) is 14.4. The van der Waals surface area contributed by atoms with E-state index in [9.17, 15) is 4.79 Å². The third kappa shape index (κ3) is 1.84. The molecule has 2 nitrogen and oxygen atoms in total. The number of carbonyl (C=O) groups is 1. The summed E-state index contributed by atoms with van der Waals surface area (Å²) in [6.07, 6.45) is 2.28. The largest absolute Gasteiger partial charge is 0.333 e. The summed E-state index contributed by atoms with van der Waals surface area (Å²) in [6.45, 7) is 2.11. The summed E-state index contributed by atoms with van der Waals surface area (Å²) in [7, 11) is 0. The normalized spacial score (nSPS) is 30.3. The van der Waals surface area contributed by atoms with E-state index in [1.807, 2.05) is 4.90 Å². The number of hydrogen-bond acceptors (Lipinski definition) is 1. The molecule has 2 fully saturated rings. The van der Waals surface area contributed by atoms with Gasteiger partial charge in [-0.05, 0) is 43.9 Å². The van der Waals surface area contributed by atoms with Crippen molar-refractivity contribution in [2.75, 3.05) is 0 Å². The lowest BCUT2D eigenvalue weighted by atomic mass is 10.1. The zero-order chi connectivity index (χ0) is 12.2. The van der Waals surface area contributed by atoms with E-state index in [1.54, 1.807) is 18.2 Å². The van der Waals surface area contributed by atoms with Crippen molar-refractivity contribution in [1.29, 1.82) is 0 Å². The molecule has 1 aliphatic heterocycles. The predicted molar refractivity (Wildman–Crippen MR) is 68.6 cm³/mol. The Labute approximate surface area is 111 Å². The molecule has 0 aromatic heterocycles. The molecule has 3 atom stereocenters. The fraction of sp³-hybridized carbons (Fsp3) is 0.462. The fourth-order valence-corrected chi connectivity index (χ4v) is 3.35. The molecule has 1 heterocycles. The molecule has 4 heteroatoms. The third-order valence-corrected chi connectivity index (χ3v) is 4.31. The van der Waals surface area contributed by atoms with Crippen LogP contribution in [0.2, 0.25) is 10.0 Å². The van der Waals surface area contributed by atoms with Gasteiger partial charge >= 0.3 is 0 Å². The molecular weight excluding hydrogens is 257 g/mol. The van der Waals surface area contributed by atoms with Crippen molar-refractivity contribution in [3.63, 3.8) is 0 Å². The molecule has 1 aromatic rings. The average molecular weight is 270 g/mol. The first kappa shape index (κ1) is 11.4. The highest BCUT2D eigenvalue weighted by Crippen LogP contribution is 2.48. The van der Waals surface area contributed by atoms with Crippen molar-refractivity contribution in [3.05, 3.63) is 33.8 Å². The second-order valence-electron chi connectivity index (χ2n) is 4.98. The summed E-state index contributed by atoms with van der Waals surface area (Å²) in [5.41, 5.74) is 0.565. The molecular formula is C13H13Cl2NO. The summed E-state index contributed by atoms with van der Waals surface area (Å²) < 4.78 is 0. The second kappa shape index (κ2) is 3.89. The van der Waals surface area contributed by atoms with E-state index in [4.69, 9.17) is 23.2 Å². The Hall–Kier alpha value is -0.730. The lowest BCUT2D eigenvalue weighted by molar-refractivity contribution is 0.0713. The van der Waals surface area contributed by atoms with Gasteiger partial charge in [-0.25, -0.2) is 0 Å². The van der Waals surface area contributed by atoms with E-state index < -0.39 is 0 Å². The van der Waals surface area contributed by atoms with Crippen molar-refractivity contribution < 1.29 is 4.79 Å². The van der Waals surface area contributed by atoms with E-state index in [0.717, 1.165) is 18.8 Å². The molecule has 3 rings (SSSR count). The highest BCUT2D eigenvalue weighted by molar-refractivity contribution is 6.36. The Bertz CT molecular complexity index is 486. The first-order valence-electron chi connectivity index (χ1n) is 5.85. The zero-order valence-electron chi connectivity index (χ0n) is 9.49. The van der Waals surface area contributed by atoms with Crippen LogP contribution in [0, 0.1) is 5.92 Å². The maximum Gasteiger partial charge on any atom is 0.255 e. The number of piperidine rings is 1. The summed E-state index contributed by atoms with van der Waals surface area (Å²) in [6, 6.07) is 5.84. The monoisotopic (exact) mass is 269 g/mol. The van der Waals surface area contributed by atoms with Crippen LogP contribution in [0.3, 0.4) is 0 Å². The smallest absolute Gasteiger partial charge is 0.255 e. The Morgan fingerprint density at radius 1 is 1.35 bits per heavy atom. The molecule has 0 spiro atoms. The van der Waals surface area contributed by atoms with Gasteiger partial charge in [-0.15, -0.1) is 0 Å². The zero-order valence-corrected chi connectivity index (χ0v) is 11.0. The van der Waals surface area contributed by atoms with Crippen LogP contribution in [0.25, 0.3) is 0 Å². The average Bonchev–Trinajstić information content (AvgIpc) is 2.90.